The van der Waals surface area contributed by atoms with Gasteiger partial charge in [-0.1, -0.05) is 36.4 Å². The average Bonchev–Trinajstić information content (AvgIpc) is 3.22. The van der Waals surface area contributed by atoms with E-state index in [9.17, 15) is 19.7 Å². The van der Waals surface area contributed by atoms with Gasteiger partial charge in [-0.05, 0) is 26.0 Å². The van der Waals surface area contributed by atoms with E-state index in [-0.39, 0.29) is 29.9 Å². The van der Waals surface area contributed by atoms with Crippen LogP contribution in [0.1, 0.15) is 21.6 Å². The van der Waals surface area contributed by atoms with Gasteiger partial charge in [0.15, 0.2) is 0 Å². The molecule has 0 radical (unpaired) electrons. The number of nitro benzene ring substituents is 1. The molecule has 0 saturated heterocycles. The molecule has 9 nitrogen and oxygen atoms in total. The number of aryl methyl sites for hydroxylation is 2. The van der Waals surface area contributed by atoms with Gasteiger partial charge in [0.25, 0.3) is 17.2 Å². The van der Waals surface area contributed by atoms with Crippen LogP contribution in [0.2, 0.25) is 0 Å². The van der Waals surface area contributed by atoms with Crippen molar-refractivity contribution in [2.24, 2.45) is 0 Å². The number of hydrogen-bond donors (Lipinski definition) is 1. The van der Waals surface area contributed by atoms with Crippen molar-refractivity contribution in [1.82, 2.24) is 20.1 Å². The first kappa shape index (κ1) is 23.0. The van der Waals surface area contributed by atoms with Gasteiger partial charge in [-0.15, -0.1) is 11.3 Å². The molecular formula is C24H21N5O4S. The first-order chi connectivity index (χ1) is 16.3. The Morgan fingerprint density at radius 3 is 2.62 bits per heavy atom. The Labute approximate surface area is 198 Å². The highest BCUT2D eigenvalue weighted by Crippen LogP contribution is 2.33. The third-order valence-corrected chi connectivity index (χ3v) is 6.42. The van der Waals surface area contributed by atoms with Crippen LogP contribution in [0, 0.1) is 24.0 Å². The number of amides is 1. The van der Waals surface area contributed by atoms with Gasteiger partial charge in [0.05, 0.1) is 22.0 Å². The lowest BCUT2D eigenvalue weighted by Gasteiger charge is -2.08. The molecule has 1 N–H and O–H groups in total. The standard InChI is InChI=1S/C24H21N5O4S/c1-15-8-9-18(14-20(15)29(32)33)23(31)25-12-13-28-21(30)11-10-19(27-28)22-16(2)26-24(34-22)17-6-4-3-5-7-17/h3-11,14H,12-13H2,1-2H3,(H,25,31). The summed E-state index contributed by atoms with van der Waals surface area (Å²) in [6.45, 7) is 3.79. The van der Waals surface area contributed by atoms with Crippen LogP contribution in [0.5, 0.6) is 0 Å². The predicted molar refractivity (Wildman–Crippen MR) is 130 cm³/mol. The van der Waals surface area contributed by atoms with Crippen LogP contribution in [0.25, 0.3) is 21.1 Å². The quantitative estimate of drug-likeness (QED) is 0.319. The highest BCUT2D eigenvalue weighted by atomic mass is 32.1. The minimum absolute atomic E-state index is 0.118. The topological polar surface area (TPSA) is 120 Å². The van der Waals surface area contributed by atoms with Crippen LogP contribution < -0.4 is 10.9 Å². The van der Waals surface area contributed by atoms with Crippen molar-refractivity contribution in [3.63, 3.8) is 0 Å². The van der Waals surface area contributed by atoms with E-state index in [1.54, 1.807) is 13.0 Å². The molecule has 2 heterocycles. The maximum absolute atomic E-state index is 12.4. The van der Waals surface area contributed by atoms with Crippen molar-refractivity contribution in [2.45, 2.75) is 20.4 Å². The third kappa shape index (κ3) is 4.91. The van der Waals surface area contributed by atoms with Crippen LogP contribution in [-0.4, -0.2) is 32.1 Å². The number of carbonyl (C=O) groups is 1. The molecule has 4 aromatic rings. The van der Waals surface area contributed by atoms with Crippen LogP contribution >= 0.6 is 11.3 Å². The molecule has 0 aliphatic rings. The van der Waals surface area contributed by atoms with Crippen LogP contribution in [-0.2, 0) is 6.54 Å². The van der Waals surface area contributed by atoms with E-state index in [0.29, 0.717) is 11.3 Å². The van der Waals surface area contributed by atoms with E-state index in [4.69, 9.17) is 0 Å². The summed E-state index contributed by atoms with van der Waals surface area (Å²) in [5.41, 5.74) is 2.69. The SMILES string of the molecule is Cc1ccc(C(=O)NCCn2nc(-c3sc(-c4ccccc4)nc3C)ccc2=O)cc1[N+](=O)[O-]. The number of nitro groups is 1. The molecule has 0 saturated carbocycles. The summed E-state index contributed by atoms with van der Waals surface area (Å²) in [4.78, 5) is 40.8. The second kappa shape index (κ2) is 9.75. The fourth-order valence-corrected chi connectivity index (χ4v) is 4.43. The maximum atomic E-state index is 12.4. The Kier molecular flexibility index (Phi) is 6.60. The monoisotopic (exact) mass is 475 g/mol. The molecule has 4 rings (SSSR count). The highest BCUT2D eigenvalue weighted by Gasteiger charge is 2.16. The van der Waals surface area contributed by atoms with Crippen LogP contribution in [0.4, 0.5) is 5.69 Å². The van der Waals surface area contributed by atoms with Gasteiger partial charge in [0, 0.05) is 35.4 Å². The van der Waals surface area contributed by atoms with Crippen molar-refractivity contribution < 1.29 is 9.72 Å². The van der Waals surface area contributed by atoms with Gasteiger partial charge >= 0.3 is 0 Å². The summed E-state index contributed by atoms with van der Waals surface area (Å²) in [5.74, 6) is -0.460. The zero-order valence-electron chi connectivity index (χ0n) is 18.5. The van der Waals surface area contributed by atoms with Gasteiger partial charge in [-0.25, -0.2) is 9.67 Å². The first-order valence-electron chi connectivity index (χ1n) is 10.5. The number of nitrogens with one attached hydrogen (secondary N) is 1. The summed E-state index contributed by atoms with van der Waals surface area (Å²) in [6.07, 6.45) is 0. The van der Waals surface area contributed by atoms with Crippen molar-refractivity contribution in [3.8, 4) is 21.1 Å². The van der Waals surface area contributed by atoms with E-state index >= 15 is 0 Å². The van der Waals surface area contributed by atoms with E-state index in [2.05, 4.69) is 15.4 Å². The van der Waals surface area contributed by atoms with Gasteiger partial charge in [-0.2, -0.15) is 5.10 Å². The van der Waals surface area contributed by atoms with Crippen molar-refractivity contribution in [3.05, 3.63) is 98.0 Å². The molecular weight excluding hydrogens is 454 g/mol. The number of benzene rings is 2. The van der Waals surface area contributed by atoms with Crippen LogP contribution in [0.15, 0.2) is 65.5 Å². The molecule has 0 spiro atoms. The number of hydrogen-bond acceptors (Lipinski definition) is 7. The Bertz CT molecular complexity index is 1430. The largest absolute Gasteiger partial charge is 0.350 e. The van der Waals surface area contributed by atoms with E-state index < -0.39 is 10.8 Å². The van der Waals surface area contributed by atoms with E-state index in [0.717, 1.165) is 21.1 Å². The lowest BCUT2D eigenvalue weighted by molar-refractivity contribution is -0.385. The molecule has 2 aromatic carbocycles. The molecule has 172 valence electrons. The molecule has 34 heavy (non-hydrogen) atoms. The molecule has 0 aliphatic carbocycles. The number of thiazole rings is 1. The average molecular weight is 476 g/mol. The lowest BCUT2D eigenvalue weighted by atomic mass is 10.1. The van der Waals surface area contributed by atoms with Crippen molar-refractivity contribution >= 4 is 22.9 Å². The zero-order valence-corrected chi connectivity index (χ0v) is 19.3. The Hall–Kier alpha value is -4.18. The van der Waals surface area contributed by atoms with Gasteiger partial charge < -0.3 is 5.32 Å². The zero-order chi connectivity index (χ0) is 24.2. The number of nitrogens with zero attached hydrogens (tertiary/aromatic N) is 4. The Morgan fingerprint density at radius 1 is 1.12 bits per heavy atom. The van der Waals surface area contributed by atoms with Crippen molar-refractivity contribution in [1.29, 1.82) is 0 Å². The summed E-state index contributed by atoms with van der Waals surface area (Å²) in [5, 5.41) is 19.1. The predicted octanol–water partition coefficient (Wildman–Crippen LogP) is 3.99. The van der Waals surface area contributed by atoms with E-state index in [1.165, 1.54) is 40.3 Å². The number of carbonyl (C=O) groups excluding carboxylic acids is 1. The molecule has 0 fully saturated rings. The second-order valence-electron chi connectivity index (χ2n) is 7.59. The first-order valence-corrected chi connectivity index (χ1v) is 11.3. The minimum atomic E-state index is -0.522. The van der Waals surface area contributed by atoms with Gasteiger partial charge in [0.1, 0.15) is 10.7 Å². The smallest absolute Gasteiger partial charge is 0.273 e. The minimum Gasteiger partial charge on any atom is -0.350 e. The highest BCUT2D eigenvalue weighted by molar-refractivity contribution is 7.18. The summed E-state index contributed by atoms with van der Waals surface area (Å²) >= 11 is 1.50. The molecule has 0 aliphatic heterocycles. The van der Waals surface area contributed by atoms with Crippen molar-refractivity contribution in [2.75, 3.05) is 6.54 Å². The summed E-state index contributed by atoms with van der Waals surface area (Å²) < 4.78 is 1.29. The fraction of sp³-hybridized carbons (Fsp3) is 0.167. The van der Waals surface area contributed by atoms with Gasteiger partial charge in [-0.3, -0.25) is 19.7 Å². The Morgan fingerprint density at radius 2 is 1.88 bits per heavy atom. The number of aromatic nitrogens is 3. The second-order valence-corrected chi connectivity index (χ2v) is 8.59. The maximum Gasteiger partial charge on any atom is 0.273 e. The van der Waals surface area contributed by atoms with E-state index in [1.807, 2.05) is 37.3 Å². The summed E-state index contributed by atoms with van der Waals surface area (Å²) in [6, 6.07) is 17.2. The molecule has 10 heteroatoms. The number of rotatable bonds is 7. The summed E-state index contributed by atoms with van der Waals surface area (Å²) in [7, 11) is 0. The molecule has 0 atom stereocenters. The van der Waals surface area contributed by atoms with Crippen LogP contribution in [0.3, 0.4) is 0 Å². The fourth-order valence-electron chi connectivity index (χ4n) is 3.39. The Balaban J connectivity index is 1.48. The molecule has 0 unspecified atom stereocenters. The molecule has 2 aromatic heterocycles. The normalized spacial score (nSPS) is 10.8. The third-order valence-electron chi connectivity index (χ3n) is 5.19. The molecule has 0 bridgehead atoms. The lowest BCUT2D eigenvalue weighted by Crippen LogP contribution is -2.32. The molecule has 1 amide bonds. The van der Waals surface area contributed by atoms with Gasteiger partial charge in [0.2, 0.25) is 0 Å².